The topological polar surface area (TPSA) is 74.3 Å². The summed E-state index contributed by atoms with van der Waals surface area (Å²) in [5.74, 6) is -3.44. The van der Waals surface area contributed by atoms with Crippen molar-refractivity contribution in [3.05, 3.63) is 30.2 Å². The molecule has 0 spiro atoms. The first-order valence-electron chi connectivity index (χ1n) is 6.84. The van der Waals surface area contributed by atoms with Crippen molar-refractivity contribution in [1.82, 2.24) is 4.90 Å². The van der Waals surface area contributed by atoms with E-state index in [1.807, 2.05) is 0 Å². The second kappa shape index (κ2) is 6.69. The first kappa shape index (κ1) is 16.8. The molecule has 2 rings (SSSR count). The molecule has 0 N–H and O–H groups in total. The van der Waals surface area contributed by atoms with E-state index in [4.69, 9.17) is 9.68 Å². The fraction of sp³-hybridized carbons (Fsp3) is 0.400. The van der Waals surface area contributed by atoms with Gasteiger partial charge in [0, 0.05) is 6.04 Å². The maximum Gasteiger partial charge on any atom is 0.406 e. The molecule has 1 amide bonds. The van der Waals surface area contributed by atoms with Crippen LogP contribution in [0.3, 0.4) is 0 Å². The van der Waals surface area contributed by atoms with Gasteiger partial charge in [-0.05, 0) is 37.1 Å². The molecule has 0 aliphatic heterocycles. The summed E-state index contributed by atoms with van der Waals surface area (Å²) in [7, 11) is 0. The summed E-state index contributed by atoms with van der Waals surface area (Å²) >= 11 is 0. The minimum absolute atomic E-state index is 0.330. The van der Waals surface area contributed by atoms with Crippen LogP contribution in [0.4, 0.5) is 13.2 Å². The van der Waals surface area contributed by atoms with E-state index in [9.17, 15) is 22.8 Å². The zero-order valence-electron chi connectivity index (χ0n) is 11.9. The fourth-order valence-electron chi connectivity index (χ4n) is 2.02. The number of carbonyl (C=O) groups is 2. The van der Waals surface area contributed by atoms with Crippen molar-refractivity contribution in [1.29, 1.82) is 5.26 Å². The summed E-state index contributed by atoms with van der Waals surface area (Å²) in [6.45, 7) is -1.45. The van der Waals surface area contributed by atoms with E-state index >= 15 is 0 Å². The zero-order valence-corrected chi connectivity index (χ0v) is 11.9. The molecule has 0 radical (unpaired) electrons. The molecule has 1 fully saturated rings. The number of amides is 1. The third kappa shape index (κ3) is 4.71. The van der Waals surface area contributed by atoms with Crippen molar-refractivity contribution in [2.24, 2.45) is 5.92 Å². The first-order valence-corrected chi connectivity index (χ1v) is 6.84. The van der Waals surface area contributed by atoms with Gasteiger partial charge < -0.3 is 9.32 Å². The minimum Gasteiger partial charge on any atom is -0.465 e. The number of hydrogen-bond acceptors (Lipinski definition) is 4. The molecule has 23 heavy (non-hydrogen) atoms. The summed E-state index contributed by atoms with van der Waals surface area (Å²) in [5.41, 5.74) is 0. The number of furan rings is 1. The number of halogens is 3. The SMILES string of the molecule is N#C[C@H](C(=O)/C=C/c1ccco1)C(=O)N(CC(F)(F)F)C1CC1. The molecule has 1 aliphatic rings. The highest BCUT2D eigenvalue weighted by atomic mass is 19.4. The summed E-state index contributed by atoms with van der Waals surface area (Å²) in [6, 6.07) is 4.06. The lowest BCUT2D eigenvalue weighted by Crippen LogP contribution is -2.45. The van der Waals surface area contributed by atoms with Gasteiger partial charge in [-0.1, -0.05) is 0 Å². The van der Waals surface area contributed by atoms with Crippen LogP contribution in [-0.2, 0) is 9.59 Å². The third-order valence-electron chi connectivity index (χ3n) is 3.24. The zero-order chi connectivity index (χ0) is 17.0. The van der Waals surface area contributed by atoms with Crippen LogP contribution < -0.4 is 0 Å². The van der Waals surface area contributed by atoms with Gasteiger partial charge >= 0.3 is 6.18 Å². The van der Waals surface area contributed by atoms with Crippen molar-refractivity contribution >= 4 is 17.8 Å². The molecule has 1 aliphatic carbocycles. The molecule has 1 saturated carbocycles. The number of rotatable bonds is 6. The molecular formula is C15H13F3N2O3. The van der Waals surface area contributed by atoms with Crippen molar-refractivity contribution in [2.45, 2.75) is 25.1 Å². The van der Waals surface area contributed by atoms with Crippen LogP contribution in [0.1, 0.15) is 18.6 Å². The smallest absolute Gasteiger partial charge is 0.406 e. The third-order valence-corrected chi connectivity index (χ3v) is 3.24. The number of nitrogens with zero attached hydrogens (tertiary/aromatic N) is 2. The van der Waals surface area contributed by atoms with Gasteiger partial charge in [-0.25, -0.2) is 0 Å². The van der Waals surface area contributed by atoms with E-state index in [0.29, 0.717) is 23.5 Å². The number of alkyl halides is 3. The molecule has 5 nitrogen and oxygen atoms in total. The molecule has 122 valence electrons. The largest absolute Gasteiger partial charge is 0.465 e. The highest BCUT2D eigenvalue weighted by molar-refractivity contribution is 6.10. The van der Waals surface area contributed by atoms with Gasteiger partial charge in [0.05, 0.1) is 12.3 Å². The van der Waals surface area contributed by atoms with Crippen LogP contribution in [0.25, 0.3) is 6.08 Å². The van der Waals surface area contributed by atoms with Crippen LogP contribution in [0, 0.1) is 17.2 Å². The lowest BCUT2D eigenvalue weighted by Gasteiger charge is -2.25. The lowest BCUT2D eigenvalue weighted by molar-refractivity contribution is -0.164. The van der Waals surface area contributed by atoms with Crippen LogP contribution in [0.5, 0.6) is 0 Å². The van der Waals surface area contributed by atoms with Crippen LogP contribution in [-0.4, -0.2) is 35.4 Å². The van der Waals surface area contributed by atoms with Gasteiger partial charge in [0.15, 0.2) is 11.7 Å². The quantitative estimate of drug-likeness (QED) is 0.595. The monoisotopic (exact) mass is 326 g/mol. The van der Waals surface area contributed by atoms with Crippen molar-refractivity contribution in [3.8, 4) is 6.07 Å². The Balaban J connectivity index is 2.10. The maximum absolute atomic E-state index is 12.6. The Morgan fingerprint density at radius 1 is 1.48 bits per heavy atom. The molecule has 0 aromatic carbocycles. The molecule has 1 aromatic rings. The highest BCUT2D eigenvalue weighted by Crippen LogP contribution is 2.31. The second-order valence-corrected chi connectivity index (χ2v) is 5.13. The Morgan fingerprint density at radius 3 is 2.65 bits per heavy atom. The standard InChI is InChI=1S/C15H13F3N2O3/c16-15(17,18)9-20(10-3-4-10)14(22)12(8-19)13(21)6-5-11-2-1-7-23-11/h1-2,5-7,10,12H,3-4,9H2/b6-5+/t12-/m1/s1. The Kier molecular flexibility index (Phi) is 4.89. The van der Waals surface area contributed by atoms with Crippen LogP contribution in [0.15, 0.2) is 28.9 Å². The minimum atomic E-state index is -4.58. The highest BCUT2D eigenvalue weighted by Gasteiger charge is 2.43. The van der Waals surface area contributed by atoms with Crippen molar-refractivity contribution in [3.63, 3.8) is 0 Å². The molecule has 0 bridgehead atoms. The van der Waals surface area contributed by atoms with Crippen molar-refractivity contribution in [2.75, 3.05) is 6.54 Å². The predicted octanol–water partition coefficient (Wildman–Crippen LogP) is 2.55. The predicted molar refractivity (Wildman–Crippen MR) is 72.6 cm³/mol. The number of nitriles is 1. The summed E-state index contributed by atoms with van der Waals surface area (Å²) in [5, 5.41) is 9.02. The molecular weight excluding hydrogens is 313 g/mol. The van der Waals surface area contributed by atoms with Crippen molar-refractivity contribution < 1.29 is 27.2 Å². The molecule has 1 heterocycles. The van der Waals surface area contributed by atoms with E-state index in [0.717, 1.165) is 6.08 Å². The Morgan fingerprint density at radius 2 is 2.17 bits per heavy atom. The van der Waals surface area contributed by atoms with Gasteiger partial charge in [-0.2, -0.15) is 18.4 Å². The van der Waals surface area contributed by atoms with E-state index in [1.165, 1.54) is 18.4 Å². The van der Waals surface area contributed by atoms with Crippen LogP contribution >= 0.6 is 0 Å². The lowest BCUT2D eigenvalue weighted by atomic mass is 10.0. The summed E-state index contributed by atoms with van der Waals surface area (Å²) < 4.78 is 42.7. The summed E-state index contributed by atoms with van der Waals surface area (Å²) in [6.07, 6.45) is -0.109. The second-order valence-electron chi connectivity index (χ2n) is 5.13. The Bertz CT molecular complexity index is 640. The van der Waals surface area contributed by atoms with Gasteiger partial charge in [0.25, 0.3) is 0 Å². The number of allylic oxidation sites excluding steroid dienone is 1. The average Bonchev–Trinajstić information content (AvgIpc) is 3.18. The molecule has 0 unspecified atom stereocenters. The van der Waals surface area contributed by atoms with E-state index < -0.39 is 36.4 Å². The first-order chi connectivity index (χ1) is 10.8. The molecule has 0 saturated heterocycles. The van der Waals surface area contributed by atoms with Gasteiger partial charge in [0.1, 0.15) is 12.3 Å². The van der Waals surface area contributed by atoms with Gasteiger partial charge in [-0.3, -0.25) is 9.59 Å². The maximum atomic E-state index is 12.6. The molecule has 1 atom stereocenters. The number of ketones is 1. The molecule has 8 heteroatoms. The number of hydrogen-bond donors (Lipinski definition) is 0. The Labute approximate surface area is 130 Å². The van der Waals surface area contributed by atoms with Crippen LogP contribution in [0.2, 0.25) is 0 Å². The summed E-state index contributed by atoms with van der Waals surface area (Å²) in [4.78, 5) is 24.7. The van der Waals surface area contributed by atoms with E-state index in [2.05, 4.69) is 0 Å². The Hall–Kier alpha value is -2.56. The average molecular weight is 326 g/mol. The van der Waals surface area contributed by atoms with E-state index in [-0.39, 0.29) is 0 Å². The molecule has 1 aromatic heterocycles. The fourth-order valence-corrected chi connectivity index (χ4v) is 2.02. The van der Waals surface area contributed by atoms with Gasteiger partial charge in [-0.15, -0.1) is 0 Å². The normalized spacial score (nSPS) is 16.1. The van der Waals surface area contributed by atoms with Gasteiger partial charge in [0.2, 0.25) is 5.91 Å². The van der Waals surface area contributed by atoms with E-state index in [1.54, 1.807) is 12.1 Å². The number of carbonyl (C=O) groups excluding carboxylic acids is 2.